The number of rotatable bonds is 1. The predicted molar refractivity (Wildman–Crippen MR) is 61.2 cm³/mol. The molecule has 0 fully saturated rings. The molecule has 0 aliphatic rings. The summed E-state index contributed by atoms with van der Waals surface area (Å²) in [5.74, 6) is 0. The maximum absolute atomic E-state index is 8.79. The van der Waals surface area contributed by atoms with Crippen LogP contribution in [0.5, 0.6) is 0 Å². The number of benzene rings is 1. The van der Waals surface area contributed by atoms with Gasteiger partial charge in [-0.1, -0.05) is 0 Å². The van der Waals surface area contributed by atoms with Gasteiger partial charge < -0.3 is 10.6 Å². The van der Waals surface area contributed by atoms with Crippen LogP contribution < -0.4 is 10.6 Å². The molecule has 1 aromatic rings. The summed E-state index contributed by atoms with van der Waals surface area (Å²) >= 11 is 4.91. The lowest BCUT2D eigenvalue weighted by atomic mass is 10.1. The van der Waals surface area contributed by atoms with Crippen LogP contribution >= 0.6 is 12.2 Å². The second-order valence-electron chi connectivity index (χ2n) is 2.69. The molecule has 4 nitrogen and oxygen atoms in total. The molecule has 1 aromatic carbocycles. The molecule has 0 bridgehead atoms. The molecule has 0 amide bonds. The van der Waals surface area contributed by atoms with E-state index >= 15 is 0 Å². The van der Waals surface area contributed by atoms with Crippen LogP contribution in [0.2, 0.25) is 0 Å². The van der Waals surface area contributed by atoms with Crippen molar-refractivity contribution in [3.05, 3.63) is 29.3 Å². The zero-order valence-electron chi connectivity index (χ0n) is 8.03. The van der Waals surface area contributed by atoms with Crippen molar-refractivity contribution in [3.63, 3.8) is 0 Å². The van der Waals surface area contributed by atoms with Crippen LogP contribution in [0.3, 0.4) is 0 Å². The average Bonchev–Trinajstić information content (AvgIpc) is 2.28. The van der Waals surface area contributed by atoms with E-state index < -0.39 is 0 Å². The van der Waals surface area contributed by atoms with Crippen molar-refractivity contribution in [3.8, 4) is 12.1 Å². The van der Waals surface area contributed by atoms with Crippen LogP contribution in [0.25, 0.3) is 0 Å². The first-order chi connectivity index (χ1) is 7.21. The van der Waals surface area contributed by atoms with Crippen LogP contribution in [0.15, 0.2) is 18.2 Å². The monoisotopic (exact) mass is 216 g/mol. The van der Waals surface area contributed by atoms with Gasteiger partial charge in [0.15, 0.2) is 5.11 Å². The maximum Gasteiger partial charge on any atom is 0.170 e. The zero-order chi connectivity index (χ0) is 11.3. The van der Waals surface area contributed by atoms with Gasteiger partial charge in [0.05, 0.1) is 11.1 Å². The molecule has 74 valence electrons. The van der Waals surface area contributed by atoms with E-state index in [9.17, 15) is 0 Å². The van der Waals surface area contributed by atoms with Gasteiger partial charge in [-0.2, -0.15) is 10.5 Å². The average molecular weight is 216 g/mol. The Labute approximate surface area is 93.1 Å². The molecule has 15 heavy (non-hydrogen) atoms. The summed E-state index contributed by atoms with van der Waals surface area (Å²) in [4.78, 5) is 0. The smallest absolute Gasteiger partial charge is 0.170 e. The summed E-state index contributed by atoms with van der Waals surface area (Å²) in [6.45, 7) is 0. The number of nitriles is 2. The second-order valence-corrected chi connectivity index (χ2v) is 3.10. The van der Waals surface area contributed by atoms with Crippen LogP contribution in [0, 0.1) is 22.7 Å². The highest BCUT2D eigenvalue weighted by molar-refractivity contribution is 7.80. The van der Waals surface area contributed by atoms with Gasteiger partial charge >= 0.3 is 0 Å². The van der Waals surface area contributed by atoms with E-state index in [-0.39, 0.29) is 0 Å². The van der Waals surface area contributed by atoms with Gasteiger partial charge in [-0.25, -0.2) is 0 Å². The number of hydrogen-bond donors (Lipinski definition) is 2. The quantitative estimate of drug-likeness (QED) is 0.693. The molecule has 0 saturated heterocycles. The minimum Gasteiger partial charge on any atom is -0.366 e. The van der Waals surface area contributed by atoms with Gasteiger partial charge in [-0.05, 0) is 30.4 Å². The Hall–Kier alpha value is -2.11. The van der Waals surface area contributed by atoms with E-state index in [2.05, 4.69) is 10.6 Å². The van der Waals surface area contributed by atoms with Crippen molar-refractivity contribution in [2.75, 3.05) is 12.4 Å². The fourth-order valence-electron chi connectivity index (χ4n) is 1.01. The standard InChI is InChI=1S/C10H8N4S/c1-13-10(15)14-9-3-2-7(5-11)8(4-9)6-12/h2-4H,1H3,(H2,13,14,15). The van der Waals surface area contributed by atoms with Gasteiger partial charge in [0.2, 0.25) is 0 Å². The molecule has 0 heterocycles. The lowest BCUT2D eigenvalue weighted by Gasteiger charge is -2.07. The van der Waals surface area contributed by atoms with Crippen LogP contribution in [0.1, 0.15) is 11.1 Å². The van der Waals surface area contributed by atoms with E-state index in [4.69, 9.17) is 22.7 Å². The van der Waals surface area contributed by atoms with Gasteiger partial charge in [-0.3, -0.25) is 0 Å². The maximum atomic E-state index is 8.79. The first-order valence-electron chi connectivity index (χ1n) is 4.14. The summed E-state index contributed by atoms with van der Waals surface area (Å²) in [6, 6.07) is 8.76. The summed E-state index contributed by atoms with van der Waals surface area (Å²) < 4.78 is 0. The minimum absolute atomic E-state index is 0.335. The first-order valence-corrected chi connectivity index (χ1v) is 4.55. The van der Waals surface area contributed by atoms with Crippen molar-refractivity contribution < 1.29 is 0 Å². The molecule has 0 radical (unpaired) electrons. The Morgan fingerprint density at radius 3 is 2.47 bits per heavy atom. The Bertz CT molecular complexity index is 467. The molecule has 0 atom stereocenters. The SMILES string of the molecule is CNC(=S)Nc1ccc(C#N)c(C#N)c1. The van der Waals surface area contributed by atoms with Crippen molar-refractivity contribution >= 4 is 23.0 Å². The molecule has 2 N–H and O–H groups in total. The molecular formula is C10H8N4S. The molecule has 0 saturated carbocycles. The third-order valence-electron chi connectivity index (χ3n) is 1.75. The Kier molecular flexibility index (Phi) is 3.61. The normalized spacial score (nSPS) is 8.47. The number of hydrogen-bond acceptors (Lipinski definition) is 3. The summed E-state index contributed by atoms with van der Waals surface area (Å²) in [7, 11) is 1.70. The molecular weight excluding hydrogens is 208 g/mol. The first kappa shape index (κ1) is 11.0. The topological polar surface area (TPSA) is 71.6 Å². The van der Waals surface area contributed by atoms with E-state index in [1.807, 2.05) is 12.1 Å². The Balaban J connectivity index is 3.01. The predicted octanol–water partition coefficient (Wildman–Crippen LogP) is 1.35. The van der Waals surface area contributed by atoms with Crippen molar-refractivity contribution in [2.24, 2.45) is 0 Å². The third kappa shape index (κ3) is 2.67. The van der Waals surface area contributed by atoms with E-state index in [0.717, 1.165) is 0 Å². The Morgan fingerprint density at radius 2 is 1.93 bits per heavy atom. The number of anilines is 1. The number of nitrogens with zero attached hydrogens (tertiary/aromatic N) is 2. The van der Waals surface area contributed by atoms with Crippen LogP contribution in [-0.4, -0.2) is 12.2 Å². The molecule has 0 aliphatic carbocycles. The molecule has 5 heteroatoms. The largest absolute Gasteiger partial charge is 0.366 e. The fraction of sp³-hybridized carbons (Fsp3) is 0.100. The summed E-state index contributed by atoms with van der Waals surface area (Å²) in [5.41, 5.74) is 1.38. The molecule has 0 aliphatic heterocycles. The summed E-state index contributed by atoms with van der Waals surface area (Å²) in [6.07, 6.45) is 0. The lowest BCUT2D eigenvalue weighted by molar-refractivity contribution is 1.20. The lowest BCUT2D eigenvalue weighted by Crippen LogP contribution is -2.24. The van der Waals surface area contributed by atoms with Crippen molar-refractivity contribution in [1.82, 2.24) is 5.32 Å². The Morgan fingerprint density at radius 1 is 1.27 bits per heavy atom. The summed E-state index contributed by atoms with van der Waals surface area (Å²) in [5, 5.41) is 23.6. The highest BCUT2D eigenvalue weighted by Crippen LogP contribution is 2.14. The van der Waals surface area contributed by atoms with E-state index in [1.54, 1.807) is 25.2 Å². The van der Waals surface area contributed by atoms with Gasteiger partial charge in [0, 0.05) is 12.7 Å². The van der Waals surface area contributed by atoms with E-state index in [1.165, 1.54) is 0 Å². The minimum atomic E-state index is 0.335. The van der Waals surface area contributed by atoms with Crippen molar-refractivity contribution in [2.45, 2.75) is 0 Å². The van der Waals surface area contributed by atoms with E-state index in [0.29, 0.717) is 21.9 Å². The highest BCUT2D eigenvalue weighted by Gasteiger charge is 2.03. The van der Waals surface area contributed by atoms with Gasteiger partial charge in [0.25, 0.3) is 0 Å². The molecule has 0 unspecified atom stereocenters. The van der Waals surface area contributed by atoms with Crippen molar-refractivity contribution in [1.29, 1.82) is 10.5 Å². The third-order valence-corrected chi connectivity index (χ3v) is 2.05. The highest BCUT2D eigenvalue weighted by atomic mass is 32.1. The molecule has 1 rings (SSSR count). The van der Waals surface area contributed by atoms with Gasteiger partial charge in [-0.15, -0.1) is 0 Å². The fourth-order valence-corrected chi connectivity index (χ4v) is 1.12. The van der Waals surface area contributed by atoms with Crippen LogP contribution in [0.4, 0.5) is 5.69 Å². The molecule has 0 aromatic heterocycles. The van der Waals surface area contributed by atoms with Crippen LogP contribution in [-0.2, 0) is 0 Å². The zero-order valence-corrected chi connectivity index (χ0v) is 8.85. The second kappa shape index (κ2) is 4.94. The number of thiocarbonyl (C=S) groups is 1. The van der Waals surface area contributed by atoms with Gasteiger partial charge in [0.1, 0.15) is 12.1 Å². The molecule has 0 spiro atoms. The number of nitrogens with one attached hydrogen (secondary N) is 2.